The molecular formula is C38H38N8. The van der Waals surface area contributed by atoms with Gasteiger partial charge in [0.15, 0.2) is 22.8 Å². The van der Waals surface area contributed by atoms with Crippen molar-refractivity contribution >= 4 is 24.3 Å². The average Bonchev–Trinajstić information content (AvgIpc) is 3.63. The first-order chi connectivity index (χ1) is 22.6. The number of benzene rings is 2. The van der Waals surface area contributed by atoms with Crippen LogP contribution in [-0.2, 0) is 13.1 Å². The molecule has 0 unspecified atom stereocenters. The second-order valence-corrected chi connectivity index (χ2v) is 11.1. The molecule has 0 aliphatic carbocycles. The van der Waals surface area contributed by atoms with E-state index in [9.17, 15) is 21.0 Å². The molecule has 0 amide bonds. The van der Waals surface area contributed by atoms with Gasteiger partial charge in [-0.2, -0.15) is 21.0 Å². The van der Waals surface area contributed by atoms with Crippen molar-refractivity contribution in [2.24, 2.45) is 0 Å². The minimum Gasteiger partial charge on any atom is -0.315 e. The first kappa shape index (κ1) is 33.2. The van der Waals surface area contributed by atoms with Crippen LogP contribution < -0.4 is 0 Å². The highest BCUT2D eigenvalue weighted by molar-refractivity contribution is 5.73. The van der Waals surface area contributed by atoms with Crippen molar-refractivity contribution in [1.82, 2.24) is 19.1 Å². The lowest BCUT2D eigenvalue weighted by molar-refractivity contribution is 0.576. The van der Waals surface area contributed by atoms with Gasteiger partial charge in [-0.1, -0.05) is 113 Å². The van der Waals surface area contributed by atoms with Crippen LogP contribution in [-0.4, -0.2) is 19.1 Å². The molecule has 4 aromatic rings. The van der Waals surface area contributed by atoms with Crippen LogP contribution in [0.3, 0.4) is 0 Å². The predicted molar refractivity (Wildman–Crippen MR) is 181 cm³/mol. The molecule has 2 aromatic carbocycles. The SMILES string of the molecule is CCCCCCn1c(/C=C/c2ccc(-c3ccc(/C=C/c4nc(C#N)c(C#N)n4CCCCCC)cc3)cc2)nc(C#N)c1C#N. The van der Waals surface area contributed by atoms with Gasteiger partial charge < -0.3 is 9.13 Å². The summed E-state index contributed by atoms with van der Waals surface area (Å²) in [6.07, 6.45) is 16.2. The van der Waals surface area contributed by atoms with E-state index in [4.69, 9.17) is 0 Å². The lowest BCUT2D eigenvalue weighted by Gasteiger charge is -2.07. The van der Waals surface area contributed by atoms with E-state index in [0.717, 1.165) is 73.6 Å². The van der Waals surface area contributed by atoms with E-state index in [0.29, 0.717) is 36.1 Å². The number of nitrogens with zero attached hydrogens (tertiary/aromatic N) is 8. The molecule has 0 aliphatic heterocycles. The Morgan fingerprint density at radius 3 is 1.24 bits per heavy atom. The molecule has 0 radical (unpaired) electrons. The summed E-state index contributed by atoms with van der Waals surface area (Å²) in [5.41, 5.74) is 5.08. The number of nitriles is 4. The molecule has 0 spiro atoms. The molecule has 0 bridgehead atoms. The van der Waals surface area contributed by atoms with Crippen molar-refractivity contribution in [3.63, 3.8) is 0 Å². The lowest BCUT2D eigenvalue weighted by atomic mass is 10.0. The molecule has 0 atom stereocenters. The van der Waals surface area contributed by atoms with Crippen LogP contribution in [0, 0.1) is 45.3 Å². The fourth-order valence-electron chi connectivity index (χ4n) is 5.34. The standard InChI is InChI=1S/C38H38N8/c1-3-5-7-9-23-45-35(27-41)33(25-39)43-37(45)21-15-29-11-17-31(18-12-29)32-19-13-30(14-20-32)16-22-38-44-34(26-40)36(28-42)46(38)24-10-8-6-4-2/h11-22H,3-10,23-24H2,1-2H3/b21-15+,22-16+. The summed E-state index contributed by atoms with van der Waals surface area (Å²) in [6, 6.07) is 24.8. The summed E-state index contributed by atoms with van der Waals surface area (Å²) in [6.45, 7) is 5.64. The van der Waals surface area contributed by atoms with Gasteiger partial charge in [-0.25, -0.2) is 9.97 Å². The van der Waals surface area contributed by atoms with E-state index in [2.05, 4.69) is 72.4 Å². The van der Waals surface area contributed by atoms with E-state index in [1.54, 1.807) is 0 Å². The third kappa shape index (κ3) is 8.26. The normalized spacial score (nSPS) is 11.0. The third-order valence-corrected chi connectivity index (χ3v) is 7.89. The number of aromatic nitrogens is 4. The fourth-order valence-corrected chi connectivity index (χ4v) is 5.34. The van der Waals surface area contributed by atoms with Crippen LogP contribution in [0.4, 0.5) is 0 Å². The van der Waals surface area contributed by atoms with E-state index in [1.807, 2.05) is 57.7 Å². The zero-order valence-corrected chi connectivity index (χ0v) is 26.6. The minimum atomic E-state index is 0.165. The summed E-state index contributed by atoms with van der Waals surface area (Å²) < 4.78 is 3.70. The van der Waals surface area contributed by atoms with Crippen LogP contribution in [0.1, 0.15) is 111 Å². The molecule has 2 heterocycles. The quantitative estimate of drug-likeness (QED) is 0.124. The van der Waals surface area contributed by atoms with Crippen molar-refractivity contribution in [2.75, 3.05) is 0 Å². The van der Waals surface area contributed by atoms with Gasteiger partial charge in [0.1, 0.15) is 35.9 Å². The Balaban J connectivity index is 1.46. The molecule has 0 saturated heterocycles. The minimum absolute atomic E-state index is 0.165. The molecule has 8 nitrogen and oxygen atoms in total. The molecule has 0 fully saturated rings. The Hall–Kier alpha value is -5.70. The first-order valence-electron chi connectivity index (χ1n) is 15.9. The Morgan fingerprint density at radius 1 is 0.522 bits per heavy atom. The smallest absolute Gasteiger partial charge is 0.177 e. The average molecular weight is 607 g/mol. The monoisotopic (exact) mass is 606 g/mol. The number of hydrogen-bond donors (Lipinski definition) is 0. The van der Waals surface area contributed by atoms with Gasteiger partial charge in [0.05, 0.1) is 0 Å². The number of imidazole rings is 2. The van der Waals surface area contributed by atoms with Gasteiger partial charge in [-0.05, 0) is 47.2 Å². The van der Waals surface area contributed by atoms with Crippen LogP contribution in [0.5, 0.6) is 0 Å². The van der Waals surface area contributed by atoms with Crippen LogP contribution in [0.25, 0.3) is 35.4 Å². The molecule has 0 saturated carbocycles. The summed E-state index contributed by atoms with van der Waals surface area (Å²) in [5, 5.41) is 38.2. The van der Waals surface area contributed by atoms with E-state index in [1.165, 1.54) is 0 Å². The Morgan fingerprint density at radius 2 is 0.913 bits per heavy atom. The second kappa shape index (κ2) is 17.0. The van der Waals surface area contributed by atoms with Crippen molar-refractivity contribution in [2.45, 2.75) is 78.3 Å². The topological polar surface area (TPSA) is 131 Å². The molecule has 4 rings (SSSR count). The van der Waals surface area contributed by atoms with Gasteiger partial charge in [-0.15, -0.1) is 0 Å². The summed E-state index contributed by atoms with van der Waals surface area (Å²) in [7, 11) is 0. The molecule has 46 heavy (non-hydrogen) atoms. The Bertz CT molecular complexity index is 1700. The summed E-state index contributed by atoms with van der Waals surface area (Å²) in [4.78, 5) is 8.83. The molecule has 0 N–H and O–H groups in total. The predicted octanol–water partition coefficient (Wildman–Crippen LogP) is 8.73. The largest absolute Gasteiger partial charge is 0.315 e. The molecule has 2 aromatic heterocycles. The number of hydrogen-bond acceptors (Lipinski definition) is 6. The fraction of sp³-hybridized carbons (Fsp3) is 0.316. The van der Waals surface area contributed by atoms with Crippen molar-refractivity contribution in [1.29, 1.82) is 21.0 Å². The first-order valence-corrected chi connectivity index (χ1v) is 15.9. The zero-order valence-electron chi connectivity index (χ0n) is 26.6. The van der Waals surface area contributed by atoms with E-state index >= 15 is 0 Å². The van der Waals surface area contributed by atoms with Crippen molar-refractivity contribution in [3.8, 4) is 35.4 Å². The maximum Gasteiger partial charge on any atom is 0.177 e. The van der Waals surface area contributed by atoms with Gasteiger partial charge in [0.2, 0.25) is 0 Å². The number of rotatable bonds is 15. The highest BCUT2D eigenvalue weighted by atomic mass is 15.1. The highest BCUT2D eigenvalue weighted by Crippen LogP contribution is 2.23. The van der Waals surface area contributed by atoms with Crippen LogP contribution >= 0.6 is 0 Å². The summed E-state index contributed by atoms with van der Waals surface area (Å²) in [5.74, 6) is 1.23. The highest BCUT2D eigenvalue weighted by Gasteiger charge is 2.16. The van der Waals surface area contributed by atoms with Gasteiger partial charge in [0.25, 0.3) is 0 Å². The molecular weight excluding hydrogens is 568 g/mol. The van der Waals surface area contributed by atoms with Gasteiger partial charge >= 0.3 is 0 Å². The Kier molecular flexibility index (Phi) is 12.2. The van der Waals surface area contributed by atoms with Crippen molar-refractivity contribution in [3.05, 3.63) is 94.1 Å². The van der Waals surface area contributed by atoms with Gasteiger partial charge in [0, 0.05) is 13.1 Å². The zero-order chi connectivity index (χ0) is 32.7. The second-order valence-electron chi connectivity index (χ2n) is 11.1. The Labute approximate surface area is 271 Å². The maximum atomic E-state index is 9.64. The third-order valence-electron chi connectivity index (χ3n) is 7.89. The van der Waals surface area contributed by atoms with E-state index in [-0.39, 0.29) is 11.4 Å². The molecule has 0 aliphatic rings. The number of unbranched alkanes of at least 4 members (excludes halogenated alkanes) is 6. The maximum absolute atomic E-state index is 9.64. The van der Waals surface area contributed by atoms with Crippen molar-refractivity contribution < 1.29 is 0 Å². The van der Waals surface area contributed by atoms with E-state index < -0.39 is 0 Å². The summed E-state index contributed by atoms with van der Waals surface area (Å²) >= 11 is 0. The van der Waals surface area contributed by atoms with Crippen LogP contribution in [0.15, 0.2) is 48.5 Å². The van der Waals surface area contributed by atoms with Crippen LogP contribution in [0.2, 0.25) is 0 Å². The molecule has 230 valence electrons. The lowest BCUT2D eigenvalue weighted by Crippen LogP contribution is -2.04. The van der Waals surface area contributed by atoms with Gasteiger partial charge in [-0.3, -0.25) is 0 Å². The molecule has 8 heteroatoms.